The molecule has 3 rings (SSSR count). The van der Waals surface area contributed by atoms with E-state index < -0.39 is 0 Å². The van der Waals surface area contributed by atoms with Gasteiger partial charge in [-0.25, -0.2) is 4.98 Å². The SMILES string of the molecule is Cc1ccc(NC(=O)C(C)SCc2nc3sc(C)c(C)c3c(=O)[nH]2)c(C)c1. The lowest BCUT2D eigenvalue weighted by Crippen LogP contribution is -2.23. The molecule has 1 amide bonds. The fourth-order valence-electron chi connectivity index (χ4n) is 2.84. The van der Waals surface area contributed by atoms with Crippen molar-refractivity contribution in [1.29, 1.82) is 0 Å². The monoisotopic (exact) mass is 401 g/mol. The number of hydrogen-bond donors (Lipinski definition) is 2. The van der Waals surface area contributed by atoms with Crippen LogP contribution in [0.5, 0.6) is 0 Å². The van der Waals surface area contributed by atoms with Crippen molar-refractivity contribution in [1.82, 2.24) is 9.97 Å². The molecule has 0 aliphatic carbocycles. The second-order valence-electron chi connectivity index (χ2n) is 6.74. The van der Waals surface area contributed by atoms with Crippen molar-refractivity contribution in [2.75, 3.05) is 5.32 Å². The van der Waals surface area contributed by atoms with Gasteiger partial charge in [-0.05, 0) is 51.8 Å². The van der Waals surface area contributed by atoms with E-state index in [4.69, 9.17) is 0 Å². The van der Waals surface area contributed by atoms with Crippen molar-refractivity contribution < 1.29 is 4.79 Å². The number of anilines is 1. The second-order valence-corrected chi connectivity index (χ2v) is 9.27. The minimum atomic E-state index is -0.265. The molecule has 2 aromatic heterocycles. The average Bonchev–Trinajstić information content (AvgIpc) is 2.89. The number of carbonyl (C=O) groups is 1. The van der Waals surface area contributed by atoms with Gasteiger partial charge in [0.25, 0.3) is 5.56 Å². The van der Waals surface area contributed by atoms with Gasteiger partial charge in [0.05, 0.1) is 16.4 Å². The van der Waals surface area contributed by atoms with Crippen LogP contribution in [-0.4, -0.2) is 21.1 Å². The van der Waals surface area contributed by atoms with Crippen LogP contribution in [0.15, 0.2) is 23.0 Å². The van der Waals surface area contributed by atoms with Gasteiger partial charge in [0.15, 0.2) is 0 Å². The molecule has 0 radical (unpaired) electrons. The molecular weight excluding hydrogens is 378 g/mol. The number of amides is 1. The molecule has 0 spiro atoms. The molecule has 3 aromatic rings. The summed E-state index contributed by atoms with van der Waals surface area (Å²) < 4.78 is 0. The van der Waals surface area contributed by atoms with Crippen LogP contribution in [0.1, 0.15) is 34.3 Å². The van der Waals surface area contributed by atoms with Gasteiger partial charge in [0, 0.05) is 10.6 Å². The first-order valence-corrected chi connectivity index (χ1v) is 10.6. The predicted molar refractivity (Wildman–Crippen MR) is 115 cm³/mol. The van der Waals surface area contributed by atoms with Gasteiger partial charge in [0.1, 0.15) is 10.7 Å². The third-order valence-corrected chi connectivity index (χ3v) is 6.82. The first-order valence-electron chi connectivity index (χ1n) is 8.75. The largest absolute Gasteiger partial charge is 0.325 e. The van der Waals surface area contributed by atoms with Crippen LogP contribution >= 0.6 is 23.1 Å². The van der Waals surface area contributed by atoms with Gasteiger partial charge in [0.2, 0.25) is 5.91 Å². The quantitative estimate of drug-likeness (QED) is 0.661. The van der Waals surface area contributed by atoms with E-state index in [0.29, 0.717) is 17.0 Å². The van der Waals surface area contributed by atoms with Crippen molar-refractivity contribution in [2.24, 2.45) is 0 Å². The number of aromatic nitrogens is 2. The predicted octanol–water partition coefficient (Wildman–Crippen LogP) is 4.48. The van der Waals surface area contributed by atoms with Crippen LogP contribution in [-0.2, 0) is 10.5 Å². The number of H-pyrrole nitrogens is 1. The minimum absolute atomic E-state index is 0.0572. The minimum Gasteiger partial charge on any atom is -0.325 e. The second kappa shape index (κ2) is 7.86. The Morgan fingerprint density at radius 3 is 2.74 bits per heavy atom. The highest BCUT2D eigenvalue weighted by atomic mass is 32.2. The molecule has 1 unspecified atom stereocenters. The Labute approximate surface area is 166 Å². The summed E-state index contributed by atoms with van der Waals surface area (Å²) >= 11 is 2.99. The molecule has 27 heavy (non-hydrogen) atoms. The van der Waals surface area contributed by atoms with Gasteiger partial charge < -0.3 is 10.3 Å². The third-order valence-electron chi connectivity index (χ3n) is 4.57. The van der Waals surface area contributed by atoms with E-state index in [0.717, 1.165) is 32.1 Å². The molecule has 1 atom stereocenters. The molecule has 0 aliphatic heterocycles. The topological polar surface area (TPSA) is 74.8 Å². The first kappa shape index (κ1) is 19.6. The zero-order chi connectivity index (χ0) is 19.7. The van der Waals surface area contributed by atoms with E-state index in [1.165, 1.54) is 23.1 Å². The molecule has 2 N–H and O–H groups in total. The summed E-state index contributed by atoms with van der Waals surface area (Å²) in [6, 6.07) is 5.95. The van der Waals surface area contributed by atoms with Crippen molar-refractivity contribution in [3.63, 3.8) is 0 Å². The highest BCUT2D eigenvalue weighted by Gasteiger charge is 2.17. The highest BCUT2D eigenvalue weighted by molar-refractivity contribution is 7.99. The van der Waals surface area contributed by atoms with E-state index in [9.17, 15) is 9.59 Å². The lowest BCUT2D eigenvalue weighted by molar-refractivity contribution is -0.115. The summed E-state index contributed by atoms with van der Waals surface area (Å²) in [5, 5.41) is 3.38. The van der Waals surface area contributed by atoms with Gasteiger partial charge in [-0.2, -0.15) is 0 Å². The Morgan fingerprint density at radius 2 is 2.04 bits per heavy atom. The molecule has 1 aromatic carbocycles. The molecule has 0 saturated carbocycles. The number of aryl methyl sites for hydroxylation is 4. The van der Waals surface area contributed by atoms with Crippen LogP contribution in [0.4, 0.5) is 5.69 Å². The third kappa shape index (κ3) is 4.25. The lowest BCUT2D eigenvalue weighted by Gasteiger charge is -2.13. The maximum absolute atomic E-state index is 12.5. The molecule has 0 aliphatic rings. The van der Waals surface area contributed by atoms with Crippen LogP contribution in [0.2, 0.25) is 0 Å². The van der Waals surface area contributed by atoms with Crippen LogP contribution in [0.25, 0.3) is 10.2 Å². The molecule has 2 heterocycles. The Hall–Kier alpha value is -2.12. The number of benzene rings is 1. The number of hydrogen-bond acceptors (Lipinski definition) is 5. The van der Waals surface area contributed by atoms with Crippen LogP contribution in [0, 0.1) is 27.7 Å². The zero-order valence-electron chi connectivity index (χ0n) is 16.1. The molecule has 142 valence electrons. The Kier molecular flexibility index (Phi) is 5.72. The standard InChI is InChI=1S/C20H23N3O2S2/c1-10-6-7-15(11(2)8-10)21-18(24)14(5)26-9-16-22-19(25)17-12(3)13(4)27-20(17)23-16/h6-8,14H,9H2,1-5H3,(H,21,24)(H,22,23,25). The van der Waals surface area contributed by atoms with E-state index in [1.807, 2.05) is 52.8 Å². The Morgan fingerprint density at radius 1 is 1.30 bits per heavy atom. The number of thiophene rings is 1. The highest BCUT2D eigenvalue weighted by Crippen LogP contribution is 2.27. The van der Waals surface area contributed by atoms with Crippen molar-refractivity contribution in [3.05, 3.63) is 55.9 Å². The zero-order valence-corrected chi connectivity index (χ0v) is 17.7. The van der Waals surface area contributed by atoms with Crippen LogP contribution < -0.4 is 10.9 Å². The Balaban J connectivity index is 1.68. The van der Waals surface area contributed by atoms with E-state index in [-0.39, 0.29) is 16.7 Å². The number of fused-ring (bicyclic) bond motifs is 1. The number of carbonyl (C=O) groups excluding carboxylic acids is 1. The number of thioether (sulfide) groups is 1. The lowest BCUT2D eigenvalue weighted by atomic mass is 10.1. The maximum atomic E-state index is 12.5. The average molecular weight is 402 g/mol. The molecule has 7 heteroatoms. The number of rotatable bonds is 5. The molecule has 0 bridgehead atoms. The smallest absolute Gasteiger partial charge is 0.259 e. The van der Waals surface area contributed by atoms with Crippen LogP contribution in [0.3, 0.4) is 0 Å². The number of nitrogens with zero attached hydrogens (tertiary/aromatic N) is 1. The van der Waals surface area contributed by atoms with E-state index in [2.05, 4.69) is 15.3 Å². The fourth-order valence-corrected chi connectivity index (χ4v) is 4.64. The maximum Gasteiger partial charge on any atom is 0.259 e. The molecular formula is C20H23N3O2S2. The van der Waals surface area contributed by atoms with Crippen molar-refractivity contribution in [2.45, 2.75) is 45.6 Å². The van der Waals surface area contributed by atoms with Gasteiger partial charge >= 0.3 is 0 Å². The van der Waals surface area contributed by atoms with Gasteiger partial charge in [-0.1, -0.05) is 17.7 Å². The summed E-state index contributed by atoms with van der Waals surface area (Å²) in [6.45, 7) is 9.81. The Bertz CT molecular complexity index is 1070. The van der Waals surface area contributed by atoms with Crippen molar-refractivity contribution in [3.8, 4) is 0 Å². The molecule has 5 nitrogen and oxygen atoms in total. The summed E-state index contributed by atoms with van der Waals surface area (Å²) in [5.41, 5.74) is 3.92. The fraction of sp³-hybridized carbons (Fsp3) is 0.350. The number of aromatic amines is 1. The molecule has 0 fully saturated rings. The summed E-state index contributed by atoms with van der Waals surface area (Å²) in [5.74, 6) is 1.02. The first-order chi connectivity index (χ1) is 12.8. The molecule has 0 saturated heterocycles. The summed E-state index contributed by atoms with van der Waals surface area (Å²) in [6.07, 6.45) is 0. The summed E-state index contributed by atoms with van der Waals surface area (Å²) in [7, 11) is 0. The number of nitrogens with one attached hydrogen (secondary N) is 2. The van der Waals surface area contributed by atoms with E-state index in [1.54, 1.807) is 0 Å². The normalized spacial score (nSPS) is 12.3. The van der Waals surface area contributed by atoms with Crippen molar-refractivity contribution >= 4 is 44.9 Å². The summed E-state index contributed by atoms with van der Waals surface area (Å²) in [4.78, 5) is 34.1. The van der Waals surface area contributed by atoms with E-state index >= 15 is 0 Å². The van der Waals surface area contributed by atoms with Gasteiger partial charge in [-0.3, -0.25) is 9.59 Å². The van der Waals surface area contributed by atoms with Gasteiger partial charge in [-0.15, -0.1) is 23.1 Å².